The summed E-state index contributed by atoms with van der Waals surface area (Å²) >= 11 is 0. The highest BCUT2D eigenvalue weighted by atomic mass is 14.7. The predicted molar refractivity (Wildman–Crippen MR) is 185 cm³/mol. The zero-order chi connectivity index (χ0) is 30.1. The Morgan fingerprint density at radius 1 is 0.667 bits per heavy atom. The first-order valence-electron chi connectivity index (χ1n) is 15.5. The van der Waals surface area contributed by atoms with E-state index in [0.29, 0.717) is 5.56 Å². The van der Waals surface area contributed by atoms with Crippen molar-refractivity contribution in [2.75, 3.05) is 0 Å². The lowest BCUT2D eigenvalue weighted by molar-refractivity contribution is 0.726. The van der Waals surface area contributed by atoms with Crippen LogP contribution in [-0.2, 0) is 0 Å². The number of nitrogens with zero attached hydrogens (tertiary/aromatic N) is 2. The third-order valence-electron chi connectivity index (χ3n) is 9.79. The van der Waals surface area contributed by atoms with Gasteiger partial charge in [0.2, 0.25) is 0 Å². The fraction of sp³-hybridized carbons (Fsp3) is 0.0698. The third-order valence-corrected chi connectivity index (χ3v) is 9.79. The Kier molecular flexibility index (Phi) is 5.64. The van der Waals surface area contributed by atoms with Gasteiger partial charge in [-0.25, -0.2) is 4.98 Å². The van der Waals surface area contributed by atoms with Crippen molar-refractivity contribution in [1.82, 2.24) is 4.98 Å². The molecule has 2 atom stereocenters. The molecule has 5 aromatic carbocycles. The zero-order valence-electron chi connectivity index (χ0n) is 24.8. The van der Waals surface area contributed by atoms with Gasteiger partial charge in [-0.3, -0.25) is 0 Å². The van der Waals surface area contributed by atoms with Gasteiger partial charge in [0, 0.05) is 22.8 Å². The van der Waals surface area contributed by atoms with Gasteiger partial charge in [0.05, 0.1) is 16.8 Å². The highest BCUT2D eigenvalue weighted by molar-refractivity contribution is 6.14. The van der Waals surface area contributed by atoms with E-state index in [2.05, 4.69) is 134 Å². The second kappa shape index (κ2) is 9.88. The minimum atomic E-state index is 0.132. The minimum absolute atomic E-state index is 0.132. The van der Waals surface area contributed by atoms with Crippen molar-refractivity contribution >= 4 is 32.8 Å². The van der Waals surface area contributed by atoms with E-state index < -0.39 is 0 Å². The molecule has 0 saturated carbocycles. The lowest BCUT2D eigenvalue weighted by Crippen LogP contribution is -2.16. The second-order valence-electron chi connectivity index (χ2n) is 12.2. The molecule has 1 heterocycles. The second-order valence-corrected chi connectivity index (χ2v) is 12.2. The van der Waals surface area contributed by atoms with Crippen LogP contribution in [0, 0.1) is 24.2 Å². The summed E-state index contributed by atoms with van der Waals surface area (Å²) in [5, 5.41) is 13.8. The van der Waals surface area contributed by atoms with E-state index in [9.17, 15) is 5.26 Å². The summed E-state index contributed by atoms with van der Waals surface area (Å²) < 4.78 is 0. The minimum Gasteiger partial charge on any atom is -0.246 e. The Balaban J connectivity index is 1.37. The van der Waals surface area contributed by atoms with Gasteiger partial charge in [0.15, 0.2) is 0 Å². The maximum Gasteiger partial charge on any atom is 0.101 e. The molecular weight excluding hydrogens is 544 g/mol. The van der Waals surface area contributed by atoms with Gasteiger partial charge in [-0.1, -0.05) is 134 Å². The molecular formula is C43H28N2. The normalized spacial score (nSPS) is 17.7. The molecule has 3 aliphatic rings. The van der Waals surface area contributed by atoms with Crippen LogP contribution in [0.4, 0.5) is 0 Å². The number of para-hydroxylation sites is 1. The van der Waals surface area contributed by atoms with Gasteiger partial charge < -0.3 is 0 Å². The lowest BCUT2D eigenvalue weighted by atomic mass is 9.73. The molecule has 0 spiro atoms. The van der Waals surface area contributed by atoms with Gasteiger partial charge in [-0.15, -0.1) is 0 Å². The van der Waals surface area contributed by atoms with E-state index in [1.165, 1.54) is 55.3 Å². The van der Waals surface area contributed by atoms with E-state index in [4.69, 9.17) is 4.98 Å². The number of nitriles is 1. The molecule has 9 rings (SSSR count). The van der Waals surface area contributed by atoms with Crippen LogP contribution in [0.15, 0.2) is 145 Å². The van der Waals surface area contributed by atoms with Crippen molar-refractivity contribution in [1.29, 1.82) is 5.26 Å². The molecule has 210 valence electrons. The maximum atomic E-state index is 10.3. The van der Waals surface area contributed by atoms with E-state index in [1.54, 1.807) is 0 Å². The number of hydrogen-bond donors (Lipinski definition) is 0. The monoisotopic (exact) mass is 572 g/mol. The van der Waals surface area contributed by atoms with Crippen LogP contribution < -0.4 is 0 Å². The van der Waals surface area contributed by atoms with Gasteiger partial charge in [0.1, 0.15) is 6.07 Å². The fourth-order valence-electron chi connectivity index (χ4n) is 7.95. The molecule has 6 aromatic rings. The molecule has 2 unspecified atom stereocenters. The summed E-state index contributed by atoms with van der Waals surface area (Å²) in [6.07, 6.45) is 11.4. The number of pyridine rings is 1. The average molecular weight is 573 g/mol. The number of aryl methyl sites for hydroxylation is 1. The first-order chi connectivity index (χ1) is 22.2. The Bertz CT molecular complexity index is 2380. The summed E-state index contributed by atoms with van der Waals surface area (Å²) in [6.45, 7) is 2.09. The molecule has 0 radical (unpaired) electrons. The molecule has 0 aliphatic heterocycles. The van der Waals surface area contributed by atoms with E-state index >= 15 is 0 Å². The largest absolute Gasteiger partial charge is 0.246 e. The number of allylic oxidation sites excluding steroid dienone is 8. The summed E-state index contributed by atoms with van der Waals surface area (Å²) in [4.78, 5) is 5.17. The molecule has 0 N–H and O–H groups in total. The van der Waals surface area contributed by atoms with Crippen LogP contribution >= 0.6 is 0 Å². The SMILES string of the molecule is Cc1cccc2cc(C#N)c(C3=CC=C4c5c(c(-c6ccccc6)c6ccccc6c5-c5ccccc5)C5C=CC=C3C45)nc12. The van der Waals surface area contributed by atoms with Crippen LogP contribution in [0.3, 0.4) is 0 Å². The molecule has 0 bridgehead atoms. The molecule has 0 amide bonds. The van der Waals surface area contributed by atoms with Crippen LogP contribution in [-0.4, -0.2) is 4.98 Å². The molecule has 0 saturated heterocycles. The first kappa shape index (κ1) is 25.7. The Morgan fingerprint density at radius 2 is 1.36 bits per heavy atom. The van der Waals surface area contributed by atoms with Gasteiger partial charge in [-0.05, 0) is 73.9 Å². The summed E-state index contributed by atoms with van der Waals surface area (Å²) in [5.41, 5.74) is 14.8. The van der Waals surface area contributed by atoms with Crippen LogP contribution in [0.2, 0.25) is 0 Å². The van der Waals surface area contributed by atoms with E-state index in [-0.39, 0.29) is 11.8 Å². The number of rotatable bonds is 3. The molecule has 45 heavy (non-hydrogen) atoms. The van der Waals surface area contributed by atoms with E-state index in [0.717, 1.165) is 27.7 Å². The molecule has 1 aromatic heterocycles. The van der Waals surface area contributed by atoms with Crippen molar-refractivity contribution in [3.63, 3.8) is 0 Å². The Morgan fingerprint density at radius 3 is 2.09 bits per heavy atom. The summed E-state index contributed by atoms with van der Waals surface area (Å²) in [5.74, 6) is 0.289. The maximum absolute atomic E-state index is 10.3. The molecule has 2 nitrogen and oxygen atoms in total. The van der Waals surface area contributed by atoms with Crippen molar-refractivity contribution in [2.24, 2.45) is 5.92 Å². The number of aromatic nitrogens is 1. The molecule has 0 fully saturated rings. The van der Waals surface area contributed by atoms with Crippen LogP contribution in [0.5, 0.6) is 0 Å². The fourth-order valence-corrected chi connectivity index (χ4v) is 7.95. The molecule has 2 heteroatoms. The quantitative estimate of drug-likeness (QED) is 0.211. The summed E-state index contributed by atoms with van der Waals surface area (Å²) in [7, 11) is 0. The van der Waals surface area contributed by atoms with Crippen molar-refractivity contribution in [2.45, 2.75) is 12.8 Å². The average Bonchev–Trinajstić information content (AvgIpc) is 3.42. The standard InChI is InChI=1S/C43H28N2/c1-26-12-10-17-29-24-30(25-44)43(45-42(26)29)34-22-23-36-39-33(34)20-11-21-35(39)40-37(27-13-4-2-5-14-27)31-18-8-9-19-32(31)38(41(36)40)28-15-6-3-7-16-28/h2-24,35,39H,1H3. The predicted octanol–water partition coefficient (Wildman–Crippen LogP) is 10.6. The van der Waals surface area contributed by atoms with Gasteiger partial charge >= 0.3 is 0 Å². The Hall–Kier alpha value is -5.78. The van der Waals surface area contributed by atoms with Gasteiger partial charge in [0.25, 0.3) is 0 Å². The highest BCUT2D eigenvalue weighted by Gasteiger charge is 2.45. The number of benzene rings is 5. The lowest BCUT2D eigenvalue weighted by Gasteiger charge is -2.30. The topological polar surface area (TPSA) is 36.7 Å². The summed E-state index contributed by atoms with van der Waals surface area (Å²) in [6, 6.07) is 41.2. The smallest absolute Gasteiger partial charge is 0.101 e. The van der Waals surface area contributed by atoms with Crippen LogP contribution in [0.1, 0.15) is 33.9 Å². The van der Waals surface area contributed by atoms with E-state index in [1.807, 2.05) is 18.2 Å². The first-order valence-corrected chi connectivity index (χ1v) is 15.5. The van der Waals surface area contributed by atoms with Crippen molar-refractivity contribution < 1.29 is 0 Å². The number of fused-ring (bicyclic) bond motifs is 5. The van der Waals surface area contributed by atoms with Crippen molar-refractivity contribution in [3.05, 3.63) is 173 Å². The third kappa shape index (κ3) is 3.71. The Labute approximate surface area is 262 Å². The number of hydrogen-bond acceptors (Lipinski definition) is 2. The highest BCUT2D eigenvalue weighted by Crippen LogP contribution is 2.61. The van der Waals surface area contributed by atoms with Gasteiger partial charge in [-0.2, -0.15) is 5.26 Å². The zero-order valence-corrected chi connectivity index (χ0v) is 24.8. The molecule has 3 aliphatic carbocycles. The van der Waals surface area contributed by atoms with Crippen LogP contribution in [0.25, 0.3) is 55.1 Å². The van der Waals surface area contributed by atoms with Crippen molar-refractivity contribution in [3.8, 4) is 28.3 Å².